The first kappa shape index (κ1) is 13.4. The van der Waals surface area contributed by atoms with Gasteiger partial charge in [0, 0.05) is 12.4 Å². The fraction of sp³-hybridized carbons (Fsp3) is 0.667. The van der Waals surface area contributed by atoms with Gasteiger partial charge in [-0.25, -0.2) is 4.79 Å². The molecule has 0 aliphatic carbocycles. The second-order valence-electron chi connectivity index (χ2n) is 3.94. The highest BCUT2D eigenvalue weighted by Gasteiger charge is 2.16. The zero-order valence-electron chi connectivity index (χ0n) is 8.96. The summed E-state index contributed by atoms with van der Waals surface area (Å²) in [6, 6.07) is 0. The normalized spacial score (nSPS) is 10.6. The summed E-state index contributed by atoms with van der Waals surface area (Å²) in [5.74, 6) is -2.10. The number of carboxylic acids is 1. The van der Waals surface area contributed by atoms with Crippen molar-refractivity contribution in [1.82, 2.24) is 5.32 Å². The van der Waals surface area contributed by atoms with Crippen molar-refractivity contribution < 1.29 is 24.2 Å². The van der Waals surface area contributed by atoms with Crippen LogP contribution in [0.15, 0.2) is 0 Å². The first-order chi connectivity index (χ1) is 6.70. The maximum Gasteiger partial charge on any atom is 0.408 e. The topological polar surface area (TPSA) is 95.5 Å². The molecule has 0 aliphatic heterocycles. The first-order valence-electron chi connectivity index (χ1n) is 4.39. The van der Waals surface area contributed by atoms with E-state index in [2.05, 4.69) is 5.32 Å². The highest BCUT2D eigenvalue weighted by Crippen LogP contribution is 2.06. The number of aliphatic carboxylic acids is 1. The van der Waals surface area contributed by atoms with E-state index in [-0.39, 0.29) is 6.54 Å². The quantitative estimate of drug-likeness (QED) is 0.622. The molecule has 0 fully saturated rings. The third-order valence-electron chi connectivity index (χ3n) is 1.17. The van der Waals surface area contributed by atoms with E-state index in [9.17, 15) is 19.5 Å². The molecule has 6 heteroatoms. The third-order valence-corrected chi connectivity index (χ3v) is 1.17. The molecule has 0 aromatic rings. The van der Waals surface area contributed by atoms with Crippen molar-refractivity contribution >= 4 is 17.8 Å². The van der Waals surface area contributed by atoms with E-state index in [0.717, 1.165) is 0 Å². The molecule has 0 heterocycles. The summed E-state index contributed by atoms with van der Waals surface area (Å²) in [6.07, 6.45) is -1.47. The van der Waals surface area contributed by atoms with Crippen molar-refractivity contribution in [2.45, 2.75) is 32.8 Å². The van der Waals surface area contributed by atoms with Gasteiger partial charge < -0.3 is 20.0 Å². The number of carbonyl (C=O) groups is 3. The molecule has 1 amide bonds. The van der Waals surface area contributed by atoms with Gasteiger partial charge in [0.05, 0.1) is 6.54 Å². The Morgan fingerprint density at radius 3 is 2.20 bits per heavy atom. The predicted molar refractivity (Wildman–Crippen MR) is 48.9 cm³/mol. The number of amides is 1. The summed E-state index contributed by atoms with van der Waals surface area (Å²) >= 11 is 0. The van der Waals surface area contributed by atoms with E-state index < -0.39 is 29.9 Å². The Morgan fingerprint density at radius 2 is 1.80 bits per heavy atom. The van der Waals surface area contributed by atoms with Crippen molar-refractivity contribution in [3.05, 3.63) is 0 Å². The molecule has 6 nitrogen and oxygen atoms in total. The molecule has 0 unspecified atom stereocenters. The standard InChI is InChI=1S/C9H15NO5/c1-9(2,3)15-8(14)10-5-6(11)4-7(12)13/h4-5H2,1-3H3,(H,10,14)(H,12,13)/p-1. The Morgan fingerprint density at radius 1 is 1.27 bits per heavy atom. The third kappa shape index (κ3) is 8.73. The van der Waals surface area contributed by atoms with E-state index in [1.807, 2.05) is 0 Å². The number of ether oxygens (including phenoxy) is 1. The fourth-order valence-electron chi connectivity index (χ4n) is 0.708. The number of hydrogen-bond donors (Lipinski definition) is 1. The average Bonchev–Trinajstić information content (AvgIpc) is 1.96. The van der Waals surface area contributed by atoms with Crippen LogP contribution in [0.1, 0.15) is 27.2 Å². The lowest BCUT2D eigenvalue weighted by atomic mass is 10.2. The van der Waals surface area contributed by atoms with Gasteiger partial charge in [0.25, 0.3) is 0 Å². The van der Waals surface area contributed by atoms with Crippen LogP contribution in [0, 0.1) is 0 Å². The number of carboxylic acid groups (broad SMARTS) is 1. The van der Waals surface area contributed by atoms with Gasteiger partial charge in [-0.2, -0.15) is 0 Å². The highest BCUT2D eigenvalue weighted by molar-refractivity contribution is 5.96. The molecule has 0 aromatic carbocycles. The summed E-state index contributed by atoms with van der Waals surface area (Å²) < 4.78 is 4.83. The molecular formula is C9H14NO5-. The average molecular weight is 216 g/mol. The maximum absolute atomic E-state index is 11.0. The zero-order chi connectivity index (χ0) is 12.1. The van der Waals surface area contributed by atoms with Crippen LogP contribution in [0.25, 0.3) is 0 Å². The van der Waals surface area contributed by atoms with E-state index in [0.29, 0.717) is 0 Å². The lowest BCUT2D eigenvalue weighted by Crippen LogP contribution is -2.37. The summed E-state index contributed by atoms with van der Waals surface area (Å²) in [4.78, 5) is 31.8. The zero-order valence-corrected chi connectivity index (χ0v) is 8.96. The van der Waals surface area contributed by atoms with Gasteiger partial charge in [-0.15, -0.1) is 0 Å². The molecule has 0 bridgehead atoms. The van der Waals surface area contributed by atoms with Crippen LogP contribution in [0.3, 0.4) is 0 Å². The van der Waals surface area contributed by atoms with E-state index in [1.165, 1.54) is 0 Å². The van der Waals surface area contributed by atoms with Crippen molar-refractivity contribution in [3.63, 3.8) is 0 Å². The second-order valence-corrected chi connectivity index (χ2v) is 3.94. The van der Waals surface area contributed by atoms with Gasteiger partial charge >= 0.3 is 6.09 Å². The van der Waals surface area contributed by atoms with E-state index in [1.54, 1.807) is 20.8 Å². The molecule has 0 saturated heterocycles. The predicted octanol–water partition coefficient (Wildman–Crippen LogP) is -0.780. The molecule has 1 N–H and O–H groups in total. The van der Waals surface area contributed by atoms with Crippen LogP contribution in [0.4, 0.5) is 4.79 Å². The van der Waals surface area contributed by atoms with Gasteiger partial charge in [-0.1, -0.05) is 0 Å². The van der Waals surface area contributed by atoms with Gasteiger partial charge in [0.2, 0.25) is 0 Å². The summed E-state index contributed by atoms with van der Waals surface area (Å²) in [5, 5.41) is 12.1. The first-order valence-corrected chi connectivity index (χ1v) is 4.39. The molecule has 0 atom stereocenters. The summed E-state index contributed by atoms with van der Waals surface area (Å²) in [7, 11) is 0. The number of ketones is 1. The second kappa shape index (κ2) is 5.33. The molecule has 0 saturated carbocycles. The number of carbonyl (C=O) groups excluding carboxylic acids is 3. The van der Waals surface area contributed by atoms with Crippen LogP contribution in [-0.4, -0.2) is 30.0 Å². The molecule has 0 spiro atoms. The van der Waals surface area contributed by atoms with E-state index in [4.69, 9.17) is 4.74 Å². The van der Waals surface area contributed by atoms with Crippen molar-refractivity contribution in [2.24, 2.45) is 0 Å². The molecule has 0 aromatic heterocycles. The van der Waals surface area contributed by atoms with Gasteiger partial charge in [-0.05, 0) is 20.8 Å². The van der Waals surface area contributed by atoms with Crippen LogP contribution in [-0.2, 0) is 14.3 Å². The van der Waals surface area contributed by atoms with Crippen LogP contribution < -0.4 is 10.4 Å². The van der Waals surface area contributed by atoms with Crippen LogP contribution >= 0.6 is 0 Å². The minimum atomic E-state index is -1.47. The number of rotatable bonds is 4. The number of alkyl carbamates (subject to hydrolysis) is 1. The Labute approximate surface area is 87.6 Å². The number of nitrogens with one attached hydrogen (secondary N) is 1. The van der Waals surface area contributed by atoms with Gasteiger partial charge in [0.1, 0.15) is 5.60 Å². The summed E-state index contributed by atoms with van der Waals surface area (Å²) in [5.41, 5.74) is -0.651. The van der Waals surface area contributed by atoms with Gasteiger partial charge in [0.15, 0.2) is 5.78 Å². The van der Waals surface area contributed by atoms with Crippen LogP contribution in [0.5, 0.6) is 0 Å². The Balaban J connectivity index is 3.82. The Hall–Kier alpha value is -1.59. The number of Topliss-reactive ketones (excluding diaryl/α,β-unsaturated/α-hetero) is 1. The van der Waals surface area contributed by atoms with Gasteiger partial charge in [-0.3, -0.25) is 4.79 Å². The largest absolute Gasteiger partial charge is 0.550 e. The lowest BCUT2D eigenvalue weighted by Gasteiger charge is -2.19. The SMILES string of the molecule is CC(C)(C)OC(=O)NCC(=O)CC(=O)[O-]. The molecule has 0 radical (unpaired) electrons. The van der Waals surface area contributed by atoms with Crippen molar-refractivity contribution in [1.29, 1.82) is 0 Å². The molecule has 0 rings (SSSR count). The fourth-order valence-corrected chi connectivity index (χ4v) is 0.708. The Bertz CT molecular complexity index is 266. The van der Waals surface area contributed by atoms with Crippen molar-refractivity contribution in [2.75, 3.05) is 6.54 Å². The summed E-state index contributed by atoms with van der Waals surface area (Å²) in [6.45, 7) is 4.66. The Kier molecular flexibility index (Phi) is 4.77. The minimum Gasteiger partial charge on any atom is -0.550 e. The molecule has 86 valence electrons. The lowest BCUT2D eigenvalue weighted by molar-refractivity contribution is -0.304. The molecule has 0 aliphatic rings. The molecule has 15 heavy (non-hydrogen) atoms. The maximum atomic E-state index is 11.0. The molecular weight excluding hydrogens is 202 g/mol. The monoisotopic (exact) mass is 216 g/mol. The number of hydrogen-bond acceptors (Lipinski definition) is 5. The smallest absolute Gasteiger partial charge is 0.408 e. The van der Waals surface area contributed by atoms with Crippen molar-refractivity contribution in [3.8, 4) is 0 Å². The van der Waals surface area contributed by atoms with E-state index >= 15 is 0 Å². The highest BCUT2D eigenvalue weighted by atomic mass is 16.6. The minimum absolute atomic E-state index is 0.372. The van der Waals surface area contributed by atoms with Crippen LogP contribution in [0.2, 0.25) is 0 Å².